The summed E-state index contributed by atoms with van der Waals surface area (Å²) >= 11 is 0. The van der Waals surface area contributed by atoms with Gasteiger partial charge in [-0.2, -0.15) is 0 Å². The van der Waals surface area contributed by atoms with Crippen LogP contribution in [0.25, 0.3) is 87.6 Å². The topological polar surface area (TPSA) is 16.4 Å². The van der Waals surface area contributed by atoms with E-state index in [9.17, 15) is 0 Å². The van der Waals surface area contributed by atoms with Gasteiger partial charge >= 0.3 is 0 Å². The zero-order chi connectivity index (χ0) is 37.0. The standard InChI is InChI=1S/C54H35NO/c1-2-15-36(16-3-1)37-29-32-40(33-30-37)55(52-28-14-26-48-49-34-31-38-17-4-7-20-42(38)53(49)56-54(48)52)51-27-13-12-25-47(51)44-22-9-11-24-46(44)50-35-39-18-5-6-19-41(39)43-21-8-10-23-45(43)50/h1-35H. The molecule has 0 fully saturated rings. The number of para-hydroxylation sites is 2. The second-order valence-electron chi connectivity index (χ2n) is 14.4. The van der Waals surface area contributed by atoms with Crippen LogP contribution in [0.3, 0.4) is 0 Å². The smallest absolute Gasteiger partial charge is 0.159 e. The normalized spacial score (nSPS) is 11.6. The third-order valence-corrected chi connectivity index (χ3v) is 11.3. The van der Waals surface area contributed by atoms with Gasteiger partial charge in [-0.15, -0.1) is 0 Å². The van der Waals surface area contributed by atoms with Gasteiger partial charge in [-0.1, -0.05) is 176 Å². The van der Waals surface area contributed by atoms with E-state index in [4.69, 9.17) is 4.42 Å². The van der Waals surface area contributed by atoms with Crippen molar-refractivity contribution in [2.45, 2.75) is 0 Å². The summed E-state index contributed by atoms with van der Waals surface area (Å²) in [5.41, 5.74) is 11.9. The second kappa shape index (κ2) is 13.2. The fourth-order valence-corrected chi connectivity index (χ4v) is 8.66. The highest BCUT2D eigenvalue weighted by molar-refractivity contribution is 6.18. The summed E-state index contributed by atoms with van der Waals surface area (Å²) in [4.78, 5) is 2.38. The molecule has 0 amide bonds. The van der Waals surface area contributed by atoms with E-state index < -0.39 is 0 Å². The minimum atomic E-state index is 0.856. The Hall–Kier alpha value is -7.42. The van der Waals surface area contributed by atoms with Gasteiger partial charge in [0.05, 0.1) is 11.4 Å². The average molecular weight is 714 g/mol. The van der Waals surface area contributed by atoms with Crippen LogP contribution in [0.1, 0.15) is 0 Å². The van der Waals surface area contributed by atoms with E-state index in [1.54, 1.807) is 0 Å². The molecule has 56 heavy (non-hydrogen) atoms. The van der Waals surface area contributed by atoms with E-state index in [0.29, 0.717) is 0 Å². The highest BCUT2D eigenvalue weighted by Crippen LogP contribution is 2.48. The molecule has 1 aromatic heterocycles. The predicted molar refractivity (Wildman–Crippen MR) is 237 cm³/mol. The first-order valence-electron chi connectivity index (χ1n) is 19.2. The number of fused-ring (bicyclic) bond motifs is 8. The molecular formula is C54H35NO. The van der Waals surface area contributed by atoms with E-state index in [1.807, 2.05) is 0 Å². The van der Waals surface area contributed by atoms with E-state index >= 15 is 0 Å². The quantitative estimate of drug-likeness (QED) is 0.160. The molecule has 0 radical (unpaired) electrons. The van der Waals surface area contributed by atoms with Crippen LogP contribution in [-0.4, -0.2) is 0 Å². The molecule has 11 rings (SSSR count). The van der Waals surface area contributed by atoms with E-state index in [1.165, 1.54) is 43.8 Å². The molecule has 0 unspecified atom stereocenters. The van der Waals surface area contributed by atoms with Crippen molar-refractivity contribution in [1.29, 1.82) is 0 Å². The van der Waals surface area contributed by atoms with E-state index in [0.717, 1.165) is 60.9 Å². The fraction of sp³-hybridized carbons (Fsp3) is 0. The monoisotopic (exact) mass is 713 g/mol. The number of furan rings is 1. The molecular weight excluding hydrogens is 679 g/mol. The Morgan fingerprint density at radius 2 is 0.839 bits per heavy atom. The summed E-state index contributed by atoms with van der Waals surface area (Å²) in [6.07, 6.45) is 0. The lowest BCUT2D eigenvalue weighted by atomic mass is 9.88. The average Bonchev–Trinajstić information content (AvgIpc) is 3.67. The molecule has 0 saturated carbocycles. The first kappa shape index (κ1) is 32.0. The van der Waals surface area contributed by atoms with Crippen molar-refractivity contribution < 1.29 is 4.42 Å². The lowest BCUT2D eigenvalue weighted by Crippen LogP contribution is -2.11. The largest absolute Gasteiger partial charge is 0.453 e. The van der Waals surface area contributed by atoms with Gasteiger partial charge in [0.2, 0.25) is 0 Å². The number of nitrogens with zero attached hydrogens (tertiary/aromatic N) is 1. The summed E-state index contributed by atoms with van der Waals surface area (Å²) in [5, 5.41) is 9.48. The summed E-state index contributed by atoms with van der Waals surface area (Å²) in [6.45, 7) is 0. The van der Waals surface area contributed by atoms with Crippen LogP contribution < -0.4 is 4.90 Å². The first-order chi connectivity index (χ1) is 27.8. The fourth-order valence-electron chi connectivity index (χ4n) is 8.66. The van der Waals surface area contributed by atoms with Crippen LogP contribution in [-0.2, 0) is 0 Å². The van der Waals surface area contributed by atoms with E-state index in [-0.39, 0.29) is 0 Å². The molecule has 0 bridgehead atoms. The molecule has 0 N–H and O–H groups in total. The summed E-state index contributed by atoms with van der Waals surface area (Å²) in [6, 6.07) is 76.4. The van der Waals surface area contributed by atoms with Crippen molar-refractivity contribution in [2.75, 3.05) is 4.90 Å². The highest BCUT2D eigenvalue weighted by atomic mass is 16.3. The SMILES string of the molecule is c1ccc(-c2ccc(N(c3ccccc3-c3ccccc3-c3cc4ccccc4c4ccccc34)c3cccc4c3oc3c5ccccc5ccc43)cc2)cc1. The molecule has 0 aliphatic rings. The minimum absolute atomic E-state index is 0.856. The Morgan fingerprint density at radius 1 is 0.286 bits per heavy atom. The highest BCUT2D eigenvalue weighted by Gasteiger charge is 2.24. The minimum Gasteiger partial charge on any atom is -0.453 e. The Bertz CT molecular complexity index is 3250. The summed E-state index contributed by atoms with van der Waals surface area (Å²) in [5.74, 6) is 0. The van der Waals surface area contributed by atoms with Crippen LogP contribution >= 0.6 is 0 Å². The zero-order valence-electron chi connectivity index (χ0n) is 30.6. The molecule has 0 spiro atoms. The van der Waals surface area contributed by atoms with Crippen LogP contribution in [0, 0.1) is 0 Å². The predicted octanol–water partition coefficient (Wildman–Crippen LogP) is 15.5. The third kappa shape index (κ3) is 5.19. The zero-order valence-corrected chi connectivity index (χ0v) is 30.6. The van der Waals surface area contributed by atoms with E-state index in [2.05, 4.69) is 217 Å². The van der Waals surface area contributed by atoms with Crippen LogP contribution in [0.15, 0.2) is 217 Å². The second-order valence-corrected chi connectivity index (χ2v) is 14.4. The van der Waals surface area contributed by atoms with Crippen molar-refractivity contribution in [3.63, 3.8) is 0 Å². The molecule has 11 aromatic rings. The maximum atomic E-state index is 7.00. The summed E-state index contributed by atoms with van der Waals surface area (Å²) < 4.78 is 7.00. The van der Waals surface area contributed by atoms with Crippen molar-refractivity contribution in [3.05, 3.63) is 212 Å². The van der Waals surface area contributed by atoms with Gasteiger partial charge in [0.25, 0.3) is 0 Å². The van der Waals surface area contributed by atoms with Gasteiger partial charge in [-0.25, -0.2) is 0 Å². The van der Waals surface area contributed by atoms with Gasteiger partial charge in [0.15, 0.2) is 5.58 Å². The van der Waals surface area contributed by atoms with Crippen LogP contribution in [0.4, 0.5) is 17.1 Å². The maximum Gasteiger partial charge on any atom is 0.159 e. The van der Waals surface area contributed by atoms with Gasteiger partial charge in [0.1, 0.15) is 5.58 Å². The molecule has 2 nitrogen and oxygen atoms in total. The third-order valence-electron chi connectivity index (χ3n) is 11.3. The van der Waals surface area contributed by atoms with Crippen LogP contribution in [0.5, 0.6) is 0 Å². The number of hydrogen-bond acceptors (Lipinski definition) is 2. The van der Waals surface area contributed by atoms with Gasteiger partial charge in [-0.3, -0.25) is 0 Å². The van der Waals surface area contributed by atoms with Crippen molar-refractivity contribution in [3.8, 4) is 33.4 Å². The van der Waals surface area contributed by atoms with Gasteiger partial charge in [-0.05, 0) is 91.1 Å². The molecule has 0 saturated heterocycles. The van der Waals surface area contributed by atoms with Gasteiger partial charge in [0, 0.05) is 27.4 Å². The number of hydrogen-bond donors (Lipinski definition) is 0. The van der Waals surface area contributed by atoms with Gasteiger partial charge < -0.3 is 9.32 Å². The number of benzene rings is 10. The van der Waals surface area contributed by atoms with Crippen molar-refractivity contribution in [1.82, 2.24) is 0 Å². The Balaban J connectivity index is 1.17. The molecule has 0 atom stereocenters. The Morgan fingerprint density at radius 3 is 1.64 bits per heavy atom. The molecule has 0 aliphatic carbocycles. The Kier molecular flexibility index (Phi) is 7.53. The Labute approximate surface area is 325 Å². The number of rotatable bonds is 6. The molecule has 1 heterocycles. The number of anilines is 3. The lowest BCUT2D eigenvalue weighted by Gasteiger charge is -2.28. The first-order valence-corrected chi connectivity index (χ1v) is 19.2. The molecule has 0 aliphatic heterocycles. The molecule has 10 aromatic carbocycles. The van der Waals surface area contributed by atoms with Crippen LogP contribution in [0.2, 0.25) is 0 Å². The maximum absolute atomic E-state index is 7.00. The summed E-state index contributed by atoms with van der Waals surface area (Å²) in [7, 11) is 0. The lowest BCUT2D eigenvalue weighted by molar-refractivity contribution is 0.673. The van der Waals surface area contributed by atoms with Crippen molar-refractivity contribution >= 4 is 71.3 Å². The molecule has 262 valence electrons. The van der Waals surface area contributed by atoms with Crippen molar-refractivity contribution in [2.24, 2.45) is 0 Å². The molecule has 2 heteroatoms.